The molecular weight excluding hydrogens is 278 g/mol. The molecule has 0 atom stereocenters. The lowest BCUT2D eigenvalue weighted by Gasteiger charge is -2.22. The van der Waals surface area contributed by atoms with E-state index < -0.39 is 10.0 Å². The van der Waals surface area contributed by atoms with Crippen LogP contribution < -0.4 is 0 Å². The molecule has 20 heavy (non-hydrogen) atoms. The van der Waals surface area contributed by atoms with Crippen molar-refractivity contribution in [2.24, 2.45) is 0 Å². The van der Waals surface area contributed by atoms with Gasteiger partial charge in [0.1, 0.15) is 0 Å². The molecule has 0 amide bonds. The van der Waals surface area contributed by atoms with Gasteiger partial charge in [-0.3, -0.25) is 0 Å². The van der Waals surface area contributed by atoms with Crippen LogP contribution in [-0.2, 0) is 19.5 Å². The van der Waals surface area contributed by atoms with Crippen molar-refractivity contribution in [2.75, 3.05) is 40.5 Å². The number of ether oxygens (including phenoxy) is 2. The summed E-state index contributed by atoms with van der Waals surface area (Å²) >= 11 is 0. The average molecular weight is 301 g/mol. The molecule has 0 heterocycles. The van der Waals surface area contributed by atoms with E-state index in [2.05, 4.69) is 0 Å². The van der Waals surface area contributed by atoms with Gasteiger partial charge in [0, 0.05) is 27.3 Å². The normalized spacial score (nSPS) is 12.1. The quantitative estimate of drug-likeness (QED) is 0.731. The number of hydrogen-bond acceptors (Lipinski definition) is 4. The van der Waals surface area contributed by atoms with E-state index in [0.29, 0.717) is 31.2 Å². The van der Waals surface area contributed by atoms with Gasteiger partial charge < -0.3 is 9.47 Å². The predicted molar refractivity (Wildman–Crippen MR) is 78.4 cm³/mol. The molecule has 0 spiro atoms. The van der Waals surface area contributed by atoms with Crippen molar-refractivity contribution in [2.45, 2.75) is 18.7 Å². The number of sulfonamides is 1. The van der Waals surface area contributed by atoms with E-state index in [1.54, 1.807) is 27.2 Å². The van der Waals surface area contributed by atoms with Crippen molar-refractivity contribution in [3.8, 4) is 0 Å². The molecular formula is C14H23NO4S. The number of methoxy groups -OCH3 is 2. The van der Waals surface area contributed by atoms with Gasteiger partial charge in [0.25, 0.3) is 0 Å². The molecule has 5 nitrogen and oxygen atoms in total. The first-order chi connectivity index (χ1) is 9.43. The minimum Gasteiger partial charge on any atom is -0.383 e. The van der Waals surface area contributed by atoms with Crippen LogP contribution in [0, 0.1) is 13.8 Å². The standard InChI is InChI=1S/C14H23NO4S/c1-12-5-6-13(2)14(11-12)20(16,17)15(7-9-18-3)8-10-19-4/h5-6,11H,7-10H2,1-4H3. The Bertz CT molecular complexity index is 520. The summed E-state index contributed by atoms with van der Waals surface area (Å²) in [5.74, 6) is 0. The molecule has 0 saturated heterocycles. The van der Waals surface area contributed by atoms with Crippen molar-refractivity contribution in [1.82, 2.24) is 4.31 Å². The molecule has 0 unspecified atom stereocenters. The van der Waals surface area contributed by atoms with Crippen molar-refractivity contribution < 1.29 is 17.9 Å². The first-order valence-electron chi connectivity index (χ1n) is 6.48. The van der Waals surface area contributed by atoms with Crippen LogP contribution in [0.1, 0.15) is 11.1 Å². The molecule has 0 fully saturated rings. The number of aryl methyl sites for hydroxylation is 2. The summed E-state index contributed by atoms with van der Waals surface area (Å²) in [6, 6.07) is 5.44. The number of benzene rings is 1. The summed E-state index contributed by atoms with van der Waals surface area (Å²) in [6.45, 7) is 5.02. The summed E-state index contributed by atoms with van der Waals surface area (Å²) in [5, 5.41) is 0. The van der Waals surface area contributed by atoms with Crippen LogP contribution in [0.5, 0.6) is 0 Å². The van der Waals surface area contributed by atoms with E-state index in [0.717, 1.165) is 11.1 Å². The van der Waals surface area contributed by atoms with Crippen LogP contribution in [0.3, 0.4) is 0 Å². The largest absolute Gasteiger partial charge is 0.383 e. The first kappa shape index (κ1) is 17.1. The Morgan fingerprint density at radius 2 is 1.60 bits per heavy atom. The Morgan fingerprint density at radius 1 is 1.05 bits per heavy atom. The molecule has 0 bridgehead atoms. The van der Waals surface area contributed by atoms with Crippen LogP contribution in [-0.4, -0.2) is 53.2 Å². The Balaban J connectivity index is 3.10. The van der Waals surface area contributed by atoms with Crippen LogP contribution in [0.2, 0.25) is 0 Å². The van der Waals surface area contributed by atoms with E-state index in [-0.39, 0.29) is 0 Å². The third-order valence-electron chi connectivity index (χ3n) is 3.05. The van der Waals surface area contributed by atoms with E-state index in [4.69, 9.17) is 9.47 Å². The lowest BCUT2D eigenvalue weighted by molar-refractivity contribution is 0.150. The molecule has 0 radical (unpaired) electrons. The van der Waals surface area contributed by atoms with Gasteiger partial charge >= 0.3 is 0 Å². The average Bonchev–Trinajstić information content (AvgIpc) is 2.41. The molecule has 6 heteroatoms. The SMILES string of the molecule is COCCN(CCOC)S(=O)(=O)c1cc(C)ccc1C. The van der Waals surface area contributed by atoms with Crippen molar-refractivity contribution in [3.05, 3.63) is 29.3 Å². The van der Waals surface area contributed by atoms with Crippen LogP contribution in [0.25, 0.3) is 0 Å². The second kappa shape index (κ2) is 7.73. The lowest BCUT2D eigenvalue weighted by Crippen LogP contribution is -2.36. The second-order valence-electron chi connectivity index (χ2n) is 4.66. The van der Waals surface area contributed by atoms with Gasteiger partial charge in [0.05, 0.1) is 18.1 Å². The van der Waals surface area contributed by atoms with E-state index in [1.165, 1.54) is 4.31 Å². The highest BCUT2D eigenvalue weighted by Crippen LogP contribution is 2.21. The first-order valence-corrected chi connectivity index (χ1v) is 7.92. The number of hydrogen-bond donors (Lipinski definition) is 0. The highest BCUT2D eigenvalue weighted by molar-refractivity contribution is 7.89. The highest BCUT2D eigenvalue weighted by atomic mass is 32.2. The van der Waals surface area contributed by atoms with E-state index >= 15 is 0 Å². The topological polar surface area (TPSA) is 55.8 Å². The summed E-state index contributed by atoms with van der Waals surface area (Å²) < 4.78 is 36.8. The maximum Gasteiger partial charge on any atom is 0.243 e. The fourth-order valence-corrected chi connectivity index (χ4v) is 3.58. The minimum absolute atomic E-state index is 0.315. The number of rotatable bonds is 8. The molecule has 114 valence electrons. The zero-order valence-electron chi connectivity index (χ0n) is 12.5. The third kappa shape index (κ3) is 4.28. The fourth-order valence-electron chi connectivity index (χ4n) is 1.86. The van der Waals surface area contributed by atoms with Gasteiger partial charge in [-0.25, -0.2) is 8.42 Å². The third-order valence-corrected chi connectivity index (χ3v) is 5.09. The van der Waals surface area contributed by atoms with Crippen LogP contribution in [0.4, 0.5) is 0 Å². The van der Waals surface area contributed by atoms with Gasteiger partial charge in [-0.2, -0.15) is 4.31 Å². The monoisotopic (exact) mass is 301 g/mol. The van der Waals surface area contributed by atoms with Gasteiger partial charge in [-0.1, -0.05) is 12.1 Å². The lowest BCUT2D eigenvalue weighted by atomic mass is 10.2. The Kier molecular flexibility index (Phi) is 6.61. The number of nitrogens with zero attached hydrogens (tertiary/aromatic N) is 1. The molecule has 1 aromatic rings. The van der Waals surface area contributed by atoms with Crippen molar-refractivity contribution >= 4 is 10.0 Å². The molecule has 0 saturated carbocycles. The zero-order valence-corrected chi connectivity index (χ0v) is 13.4. The highest BCUT2D eigenvalue weighted by Gasteiger charge is 2.25. The van der Waals surface area contributed by atoms with Crippen molar-refractivity contribution in [1.29, 1.82) is 0 Å². The molecule has 1 rings (SSSR count). The van der Waals surface area contributed by atoms with E-state index in [1.807, 2.05) is 19.1 Å². The van der Waals surface area contributed by atoms with Crippen LogP contribution in [0.15, 0.2) is 23.1 Å². The maximum atomic E-state index is 12.7. The molecule has 0 aromatic heterocycles. The molecule has 0 aliphatic carbocycles. The van der Waals surface area contributed by atoms with Gasteiger partial charge in [0.2, 0.25) is 10.0 Å². The Hall–Kier alpha value is -0.950. The smallest absolute Gasteiger partial charge is 0.243 e. The summed E-state index contributed by atoms with van der Waals surface area (Å²) in [5.41, 5.74) is 1.67. The molecule has 1 aromatic carbocycles. The van der Waals surface area contributed by atoms with Gasteiger partial charge in [0.15, 0.2) is 0 Å². The fraction of sp³-hybridized carbons (Fsp3) is 0.571. The summed E-state index contributed by atoms with van der Waals surface area (Å²) in [7, 11) is -0.416. The molecule has 0 N–H and O–H groups in total. The maximum absolute atomic E-state index is 12.7. The van der Waals surface area contributed by atoms with Gasteiger partial charge in [-0.15, -0.1) is 0 Å². The van der Waals surface area contributed by atoms with E-state index in [9.17, 15) is 8.42 Å². The van der Waals surface area contributed by atoms with Crippen LogP contribution >= 0.6 is 0 Å². The minimum atomic E-state index is -3.53. The predicted octanol–water partition coefficient (Wildman–Crippen LogP) is 1.59. The second-order valence-corrected chi connectivity index (χ2v) is 6.56. The Labute approximate surface area is 121 Å². The molecule has 0 aliphatic heterocycles. The van der Waals surface area contributed by atoms with Crippen molar-refractivity contribution in [3.63, 3.8) is 0 Å². The summed E-state index contributed by atoms with van der Waals surface area (Å²) in [6.07, 6.45) is 0. The molecule has 0 aliphatic rings. The Morgan fingerprint density at radius 3 is 2.10 bits per heavy atom. The summed E-state index contributed by atoms with van der Waals surface area (Å²) in [4.78, 5) is 0.352. The van der Waals surface area contributed by atoms with Gasteiger partial charge in [-0.05, 0) is 31.0 Å². The zero-order chi connectivity index (χ0) is 15.2.